The molecule has 2 rings (SSSR count). The highest BCUT2D eigenvalue weighted by molar-refractivity contribution is 7.99. The molecule has 0 unspecified atom stereocenters. The van der Waals surface area contributed by atoms with Crippen molar-refractivity contribution in [3.63, 3.8) is 0 Å². The summed E-state index contributed by atoms with van der Waals surface area (Å²) < 4.78 is 67.3. The van der Waals surface area contributed by atoms with E-state index >= 15 is 0 Å². The summed E-state index contributed by atoms with van der Waals surface area (Å²) in [7, 11) is -7.35. The van der Waals surface area contributed by atoms with E-state index < -0.39 is 50.4 Å². The third kappa shape index (κ3) is 5.05. The van der Waals surface area contributed by atoms with Gasteiger partial charge >= 0.3 is 0 Å². The van der Waals surface area contributed by atoms with Crippen LogP contribution in [0.2, 0.25) is 0 Å². The largest absolute Gasteiger partial charge is 0.342 e. The van der Waals surface area contributed by atoms with E-state index in [0.717, 1.165) is 12.5 Å². The van der Waals surface area contributed by atoms with Gasteiger partial charge in [-0.1, -0.05) is 0 Å². The number of rotatable bonds is 4. The Bertz CT molecular complexity index is 559. The molecule has 2 heterocycles. The minimum atomic E-state index is -3.68. The van der Waals surface area contributed by atoms with E-state index in [1.807, 2.05) is 0 Å². The Morgan fingerprint density at radius 2 is 1.27 bits per heavy atom. The molecule has 130 valence electrons. The lowest BCUT2D eigenvalue weighted by Crippen LogP contribution is -2.45. The Morgan fingerprint density at radius 1 is 0.909 bits per heavy atom. The van der Waals surface area contributed by atoms with Crippen LogP contribution >= 0.6 is 11.8 Å². The molecule has 0 aromatic heterocycles. The van der Waals surface area contributed by atoms with Crippen molar-refractivity contribution in [3.05, 3.63) is 0 Å². The molecule has 0 radical (unpaired) electrons. The van der Waals surface area contributed by atoms with Crippen LogP contribution in [0.15, 0.2) is 0 Å². The van der Waals surface area contributed by atoms with Crippen LogP contribution < -0.4 is 0 Å². The molecule has 2 saturated heterocycles. The van der Waals surface area contributed by atoms with Crippen LogP contribution in [0.4, 0.5) is 0 Å². The summed E-state index contributed by atoms with van der Waals surface area (Å²) in [6.07, 6.45) is -1.07. The lowest BCUT2D eigenvalue weighted by atomic mass is 10.1. The first-order valence-corrected chi connectivity index (χ1v) is 11.3. The van der Waals surface area contributed by atoms with E-state index in [9.17, 15) is 16.8 Å². The molecule has 0 N–H and O–H groups in total. The topological polar surface area (TPSA) is 105 Å². The molecule has 0 spiro atoms. The normalized spacial score (nSPS) is 35.8. The molecule has 0 aromatic rings. The molecule has 22 heavy (non-hydrogen) atoms. The Balaban J connectivity index is 2.27. The second-order valence-corrected chi connectivity index (χ2v) is 10.1. The number of hydrogen-bond donors (Lipinski definition) is 0. The van der Waals surface area contributed by atoms with E-state index in [4.69, 9.17) is 17.8 Å². The van der Waals surface area contributed by atoms with Crippen LogP contribution in [0.1, 0.15) is 13.8 Å². The fourth-order valence-electron chi connectivity index (χ4n) is 2.50. The zero-order chi connectivity index (χ0) is 16.8. The molecule has 0 bridgehead atoms. The summed E-state index contributed by atoms with van der Waals surface area (Å²) in [5, 5.41) is 0. The van der Waals surface area contributed by atoms with Gasteiger partial charge in [0.05, 0.1) is 12.5 Å². The van der Waals surface area contributed by atoms with Crippen LogP contribution in [0.3, 0.4) is 0 Å². The SMILES string of the molecule is CC1(C)O[C@H]2[C@H](O1)[C@H](OS(C)(=O)=O)CSC[C@H]2OS(C)(=O)=O. The molecule has 0 saturated carbocycles. The van der Waals surface area contributed by atoms with Crippen molar-refractivity contribution in [2.75, 3.05) is 24.0 Å². The van der Waals surface area contributed by atoms with Crippen molar-refractivity contribution in [1.82, 2.24) is 0 Å². The maximum atomic E-state index is 11.4. The first-order chi connectivity index (χ1) is 9.86. The van der Waals surface area contributed by atoms with Gasteiger partial charge in [-0.25, -0.2) is 0 Å². The van der Waals surface area contributed by atoms with Crippen molar-refractivity contribution >= 4 is 32.0 Å². The molecule has 8 nitrogen and oxygen atoms in total. The summed E-state index contributed by atoms with van der Waals surface area (Å²) in [4.78, 5) is 0. The van der Waals surface area contributed by atoms with Gasteiger partial charge in [-0.15, -0.1) is 0 Å². The maximum absolute atomic E-state index is 11.4. The minimum Gasteiger partial charge on any atom is -0.342 e. The maximum Gasteiger partial charge on any atom is 0.264 e. The number of ether oxygens (including phenoxy) is 2. The van der Waals surface area contributed by atoms with E-state index in [-0.39, 0.29) is 0 Å². The van der Waals surface area contributed by atoms with E-state index in [2.05, 4.69) is 0 Å². The second kappa shape index (κ2) is 6.19. The van der Waals surface area contributed by atoms with Gasteiger partial charge in [-0.2, -0.15) is 28.6 Å². The molecular formula is C11H20O8S3. The van der Waals surface area contributed by atoms with Crippen LogP contribution in [-0.4, -0.2) is 71.1 Å². The average Bonchev–Trinajstić information content (AvgIpc) is 2.52. The molecule has 0 aliphatic carbocycles. The smallest absolute Gasteiger partial charge is 0.264 e. The molecule has 2 fully saturated rings. The summed E-state index contributed by atoms with van der Waals surface area (Å²) in [6, 6.07) is 0. The summed E-state index contributed by atoms with van der Waals surface area (Å²) in [5.41, 5.74) is 0. The third-order valence-corrected chi connectivity index (χ3v) is 5.38. The predicted octanol–water partition coefficient (Wildman–Crippen LogP) is -0.0571. The van der Waals surface area contributed by atoms with Crippen molar-refractivity contribution in [2.45, 2.75) is 44.1 Å². The number of hydrogen-bond acceptors (Lipinski definition) is 9. The van der Waals surface area contributed by atoms with Crippen LogP contribution in [-0.2, 0) is 38.1 Å². The Kier molecular flexibility index (Phi) is 5.18. The summed E-state index contributed by atoms with van der Waals surface area (Å²) >= 11 is 1.33. The monoisotopic (exact) mass is 376 g/mol. The fourth-order valence-corrected chi connectivity index (χ4v) is 5.04. The molecule has 2 aliphatic rings. The Morgan fingerprint density at radius 3 is 1.59 bits per heavy atom. The van der Waals surface area contributed by atoms with Crippen molar-refractivity contribution in [3.8, 4) is 0 Å². The van der Waals surface area contributed by atoms with Crippen LogP contribution in [0.5, 0.6) is 0 Å². The summed E-state index contributed by atoms with van der Waals surface area (Å²) in [6.45, 7) is 3.34. The molecule has 4 atom stereocenters. The predicted molar refractivity (Wildman–Crippen MR) is 80.6 cm³/mol. The molecule has 0 aromatic carbocycles. The molecule has 2 aliphatic heterocycles. The van der Waals surface area contributed by atoms with Gasteiger partial charge in [0.1, 0.15) is 24.4 Å². The van der Waals surface area contributed by atoms with Crippen LogP contribution in [0, 0.1) is 0 Å². The van der Waals surface area contributed by atoms with E-state index in [0.29, 0.717) is 11.5 Å². The second-order valence-electron chi connectivity index (χ2n) is 5.78. The van der Waals surface area contributed by atoms with E-state index in [1.54, 1.807) is 13.8 Å². The highest BCUT2D eigenvalue weighted by Crippen LogP contribution is 2.38. The van der Waals surface area contributed by atoms with Crippen molar-refractivity contribution < 1.29 is 34.7 Å². The van der Waals surface area contributed by atoms with Gasteiger partial charge < -0.3 is 9.47 Å². The molecular weight excluding hydrogens is 356 g/mol. The Hall–Kier alpha value is 0.0900. The van der Waals surface area contributed by atoms with Gasteiger partial charge in [-0.3, -0.25) is 8.37 Å². The number of thioether (sulfide) groups is 1. The average molecular weight is 376 g/mol. The number of fused-ring (bicyclic) bond motifs is 1. The minimum absolute atomic E-state index is 0.331. The van der Waals surface area contributed by atoms with Gasteiger partial charge in [-0.05, 0) is 13.8 Å². The summed E-state index contributed by atoms with van der Waals surface area (Å²) in [5.74, 6) is -0.315. The zero-order valence-electron chi connectivity index (χ0n) is 12.7. The third-order valence-electron chi connectivity index (χ3n) is 3.06. The fraction of sp³-hybridized carbons (Fsp3) is 1.00. The van der Waals surface area contributed by atoms with E-state index in [1.165, 1.54) is 11.8 Å². The first-order valence-electron chi connectivity index (χ1n) is 6.56. The zero-order valence-corrected chi connectivity index (χ0v) is 15.2. The molecule has 11 heteroatoms. The van der Waals surface area contributed by atoms with Gasteiger partial charge in [0.15, 0.2) is 5.79 Å². The lowest BCUT2D eigenvalue weighted by molar-refractivity contribution is -0.157. The lowest BCUT2D eigenvalue weighted by Gasteiger charge is -2.25. The van der Waals surface area contributed by atoms with Gasteiger partial charge in [0.2, 0.25) is 0 Å². The van der Waals surface area contributed by atoms with Gasteiger partial charge in [0.25, 0.3) is 20.2 Å². The van der Waals surface area contributed by atoms with Crippen molar-refractivity contribution in [2.24, 2.45) is 0 Å². The highest BCUT2D eigenvalue weighted by atomic mass is 32.2. The molecule has 0 amide bonds. The standard InChI is InChI=1S/C11H20O8S3/c1-11(2)16-9-7(18-21(3,12)13)5-20-6-8(10(9)17-11)19-22(4,14)15/h7-10H,5-6H2,1-4H3/t7-,8-,9-,10-/m1/s1. The highest BCUT2D eigenvalue weighted by Gasteiger charge is 2.52. The Labute approximate surface area is 135 Å². The van der Waals surface area contributed by atoms with Gasteiger partial charge in [0, 0.05) is 11.5 Å². The van der Waals surface area contributed by atoms with Crippen molar-refractivity contribution in [1.29, 1.82) is 0 Å². The van der Waals surface area contributed by atoms with Crippen LogP contribution in [0.25, 0.3) is 0 Å². The first kappa shape index (κ1) is 18.4. The quantitative estimate of drug-likeness (QED) is 0.624.